The van der Waals surface area contributed by atoms with E-state index in [4.69, 9.17) is 0 Å². The topological polar surface area (TPSA) is 52.6 Å². The second-order valence-corrected chi connectivity index (χ2v) is 5.03. The molecule has 1 aliphatic heterocycles. The largest absolute Gasteiger partial charge is 0.391 e. The molecule has 1 saturated carbocycles. The smallest absolute Gasteiger partial charge is 0.317 e. The molecule has 2 N–H and O–H groups in total. The molecule has 0 radical (unpaired) electrons. The first-order chi connectivity index (χ1) is 7.75. The van der Waals surface area contributed by atoms with Crippen LogP contribution in [0, 0.1) is 0 Å². The van der Waals surface area contributed by atoms with Crippen LogP contribution in [0.2, 0.25) is 0 Å². The molecule has 16 heavy (non-hydrogen) atoms. The Labute approximate surface area is 97.0 Å². The van der Waals surface area contributed by atoms with E-state index in [2.05, 4.69) is 5.32 Å². The van der Waals surface area contributed by atoms with Crippen molar-refractivity contribution in [1.29, 1.82) is 0 Å². The van der Waals surface area contributed by atoms with Crippen LogP contribution in [0.5, 0.6) is 0 Å². The molecule has 4 heteroatoms. The number of rotatable bonds is 1. The van der Waals surface area contributed by atoms with Crippen LogP contribution in [0.3, 0.4) is 0 Å². The summed E-state index contributed by atoms with van der Waals surface area (Å²) in [6, 6.07) is 0.381. The number of carbonyl (C=O) groups is 1. The van der Waals surface area contributed by atoms with Gasteiger partial charge in [0.1, 0.15) is 0 Å². The molecule has 0 aromatic carbocycles. The van der Waals surface area contributed by atoms with E-state index in [1.165, 1.54) is 19.3 Å². The fourth-order valence-corrected chi connectivity index (χ4v) is 2.65. The van der Waals surface area contributed by atoms with Gasteiger partial charge in [-0.25, -0.2) is 4.79 Å². The summed E-state index contributed by atoms with van der Waals surface area (Å²) in [5, 5.41) is 12.6. The summed E-state index contributed by atoms with van der Waals surface area (Å²) in [6.45, 7) is 1.29. The van der Waals surface area contributed by atoms with Crippen molar-refractivity contribution in [1.82, 2.24) is 10.2 Å². The summed E-state index contributed by atoms with van der Waals surface area (Å²) in [4.78, 5) is 13.7. The van der Waals surface area contributed by atoms with Gasteiger partial charge in [0.25, 0.3) is 0 Å². The lowest BCUT2D eigenvalue weighted by Gasteiger charge is -2.32. The summed E-state index contributed by atoms with van der Waals surface area (Å²) in [7, 11) is 0. The molecule has 0 aromatic heterocycles. The number of nitrogens with zero attached hydrogens (tertiary/aromatic N) is 1. The van der Waals surface area contributed by atoms with Crippen LogP contribution >= 0.6 is 0 Å². The van der Waals surface area contributed by atoms with Crippen molar-refractivity contribution in [3.8, 4) is 0 Å². The summed E-state index contributed by atoms with van der Waals surface area (Å²) in [5.41, 5.74) is 0. The van der Waals surface area contributed by atoms with Gasteiger partial charge in [0.15, 0.2) is 0 Å². The van der Waals surface area contributed by atoms with E-state index in [0.717, 1.165) is 32.2 Å². The number of urea groups is 1. The zero-order valence-electron chi connectivity index (χ0n) is 9.82. The normalized spacial score (nSPS) is 27.8. The third-order valence-electron chi connectivity index (χ3n) is 3.62. The average Bonchev–Trinajstić information content (AvgIpc) is 2.30. The van der Waals surface area contributed by atoms with Crippen molar-refractivity contribution in [3.05, 3.63) is 0 Å². The molecule has 0 bridgehead atoms. The van der Waals surface area contributed by atoms with Gasteiger partial charge in [-0.3, -0.25) is 0 Å². The van der Waals surface area contributed by atoms with Crippen LogP contribution in [-0.2, 0) is 0 Å². The Balaban J connectivity index is 1.77. The van der Waals surface area contributed by atoms with Gasteiger partial charge in [-0.05, 0) is 25.7 Å². The van der Waals surface area contributed by atoms with Gasteiger partial charge in [0, 0.05) is 19.1 Å². The molecule has 1 atom stereocenters. The average molecular weight is 226 g/mol. The van der Waals surface area contributed by atoms with Crippen LogP contribution in [0.4, 0.5) is 4.79 Å². The molecular weight excluding hydrogens is 204 g/mol. The molecule has 2 fully saturated rings. The third-order valence-corrected chi connectivity index (χ3v) is 3.62. The van der Waals surface area contributed by atoms with Gasteiger partial charge in [0.05, 0.1) is 6.10 Å². The third kappa shape index (κ3) is 3.11. The molecule has 1 unspecified atom stereocenters. The van der Waals surface area contributed by atoms with Crippen molar-refractivity contribution < 1.29 is 9.90 Å². The number of β-amino-alcohol motifs (C(OH)–C–C–N with tert-alkyl or cyclic N) is 1. The van der Waals surface area contributed by atoms with Crippen molar-refractivity contribution in [2.75, 3.05) is 13.1 Å². The first-order valence-electron chi connectivity index (χ1n) is 6.49. The van der Waals surface area contributed by atoms with E-state index in [-0.39, 0.29) is 12.1 Å². The second-order valence-electron chi connectivity index (χ2n) is 5.03. The lowest BCUT2D eigenvalue weighted by Crippen LogP contribution is -2.50. The molecule has 1 heterocycles. The second kappa shape index (κ2) is 5.53. The lowest BCUT2D eigenvalue weighted by molar-refractivity contribution is 0.0827. The Bertz CT molecular complexity index is 239. The van der Waals surface area contributed by atoms with Gasteiger partial charge in [-0.1, -0.05) is 19.3 Å². The molecule has 2 rings (SSSR count). The van der Waals surface area contributed by atoms with E-state index in [1.807, 2.05) is 0 Å². The Kier molecular flexibility index (Phi) is 4.04. The predicted molar refractivity (Wildman–Crippen MR) is 62.2 cm³/mol. The first kappa shape index (κ1) is 11.7. The molecular formula is C12H22N2O2. The van der Waals surface area contributed by atoms with E-state index in [0.29, 0.717) is 12.6 Å². The Morgan fingerprint density at radius 2 is 1.88 bits per heavy atom. The lowest BCUT2D eigenvalue weighted by atomic mass is 9.96. The number of piperidine rings is 1. The Morgan fingerprint density at radius 3 is 2.56 bits per heavy atom. The fraction of sp³-hybridized carbons (Fsp3) is 0.917. The Morgan fingerprint density at radius 1 is 1.12 bits per heavy atom. The van der Waals surface area contributed by atoms with Crippen LogP contribution < -0.4 is 5.32 Å². The summed E-state index contributed by atoms with van der Waals surface area (Å²) in [5.74, 6) is 0. The standard InChI is InChI=1S/C12H22N2O2/c15-11-7-4-8-14(9-11)12(16)13-10-5-2-1-3-6-10/h10-11,15H,1-9H2,(H,13,16). The fourth-order valence-electron chi connectivity index (χ4n) is 2.65. The highest BCUT2D eigenvalue weighted by Gasteiger charge is 2.24. The minimum Gasteiger partial charge on any atom is -0.391 e. The number of hydrogen-bond acceptors (Lipinski definition) is 2. The maximum atomic E-state index is 11.9. The number of carbonyl (C=O) groups excluding carboxylic acids is 1. The number of aliphatic hydroxyl groups excluding tert-OH is 1. The van der Waals surface area contributed by atoms with Gasteiger partial charge < -0.3 is 15.3 Å². The minimum absolute atomic E-state index is 0.0191. The quantitative estimate of drug-likeness (QED) is 0.711. The van der Waals surface area contributed by atoms with Crippen molar-refractivity contribution in [2.45, 2.75) is 57.1 Å². The number of likely N-dealkylation sites (tertiary alicyclic amines) is 1. The first-order valence-corrected chi connectivity index (χ1v) is 6.49. The number of hydrogen-bond donors (Lipinski definition) is 2. The predicted octanol–water partition coefficient (Wildman–Crippen LogP) is 1.49. The summed E-state index contributed by atoms with van der Waals surface area (Å²) in [6.07, 6.45) is 7.40. The maximum Gasteiger partial charge on any atom is 0.317 e. The monoisotopic (exact) mass is 226 g/mol. The SMILES string of the molecule is O=C(NC1CCCCC1)N1CCCC(O)C1. The highest BCUT2D eigenvalue weighted by molar-refractivity contribution is 5.74. The van der Waals surface area contributed by atoms with Gasteiger partial charge in [-0.2, -0.15) is 0 Å². The molecule has 1 aliphatic carbocycles. The number of amides is 2. The van der Waals surface area contributed by atoms with Crippen LogP contribution in [0.15, 0.2) is 0 Å². The van der Waals surface area contributed by atoms with Crippen molar-refractivity contribution in [3.63, 3.8) is 0 Å². The zero-order chi connectivity index (χ0) is 11.4. The van der Waals surface area contributed by atoms with Gasteiger partial charge in [0.2, 0.25) is 0 Å². The van der Waals surface area contributed by atoms with E-state index in [1.54, 1.807) is 4.90 Å². The zero-order valence-corrected chi connectivity index (χ0v) is 9.82. The van der Waals surface area contributed by atoms with Crippen LogP contribution in [0.1, 0.15) is 44.9 Å². The molecule has 92 valence electrons. The van der Waals surface area contributed by atoms with E-state index >= 15 is 0 Å². The van der Waals surface area contributed by atoms with Crippen molar-refractivity contribution in [2.24, 2.45) is 0 Å². The summed E-state index contributed by atoms with van der Waals surface area (Å²) < 4.78 is 0. The maximum absolute atomic E-state index is 11.9. The summed E-state index contributed by atoms with van der Waals surface area (Å²) >= 11 is 0. The van der Waals surface area contributed by atoms with Crippen molar-refractivity contribution >= 4 is 6.03 Å². The molecule has 0 spiro atoms. The Hall–Kier alpha value is -0.770. The molecule has 1 saturated heterocycles. The molecule has 4 nitrogen and oxygen atoms in total. The highest BCUT2D eigenvalue weighted by atomic mass is 16.3. The van der Waals surface area contributed by atoms with Crippen LogP contribution in [-0.4, -0.2) is 41.3 Å². The number of nitrogens with one attached hydrogen (secondary N) is 1. The minimum atomic E-state index is -0.328. The van der Waals surface area contributed by atoms with E-state index < -0.39 is 0 Å². The molecule has 0 aromatic rings. The van der Waals surface area contributed by atoms with Crippen LogP contribution in [0.25, 0.3) is 0 Å². The number of aliphatic hydroxyl groups is 1. The van der Waals surface area contributed by atoms with Gasteiger partial charge in [-0.15, -0.1) is 0 Å². The highest BCUT2D eigenvalue weighted by Crippen LogP contribution is 2.18. The van der Waals surface area contributed by atoms with Gasteiger partial charge >= 0.3 is 6.03 Å². The molecule has 2 amide bonds. The van der Waals surface area contributed by atoms with E-state index in [9.17, 15) is 9.90 Å². The molecule has 2 aliphatic rings.